The Labute approximate surface area is 182 Å². The minimum Gasteiger partial charge on any atom is -0.341 e. The molecule has 4 rings (SSSR count). The Hall–Kier alpha value is -1.14. The molecule has 30 heavy (non-hydrogen) atoms. The second-order valence-corrected chi connectivity index (χ2v) is 12.9. The molecule has 0 N–H and O–H groups in total. The van der Waals surface area contributed by atoms with Gasteiger partial charge in [0.15, 0.2) is 0 Å². The van der Waals surface area contributed by atoms with Gasteiger partial charge in [-0.3, -0.25) is 4.79 Å². The molecule has 11 heteroatoms. The molecule has 166 valence electrons. The van der Waals surface area contributed by atoms with Crippen molar-refractivity contribution in [1.29, 1.82) is 0 Å². The normalized spacial score (nSPS) is 24.1. The van der Waals surface area contributed by atoms with Gasteiger partial charge in [0.25, 0.3) is 0 Å². The van der Waals surface area contributed by atoms with E-state index in [1.165, 1.54) is 44.6 Å². The molecule has 3 fully saturated rings. The van der Waals surface area contributed by atoms with Gasteiger partial charge in [-0.25, -0.2) is 16.8 Å². The maximum atomic E-state index is 13.2. The third-order valence-electron chi connectivity index (χ3n) is 5.95. The third-order valence-corrected chi connectivity index (χ3v) is 10.9. The van der Waals surface area contributed by atoms with Gasteiger partial charge in [0.1, 0.15) is 6.04 Å². The van der Waals surface area contributed by atoms with Gasteiger partial charge in [-0.1, -0.05) is 6.42 Å². The van der Waals surface area contributed by atoms with Crippen molar-refractivity contribution in [2.24, 2.45) is 0 Å². The first-order chi connectivity index (χ1) is 14.2. The fourth-order valence-electron chi connectivity index (χ4n) is 3.91. The van der Waals surface area contributed by atoms with Crippen LogP contribution in [0.3, 0.4) is 0 Å². The lowest BCUT2D eigenvalue weighted by Crippen LogP contribution is -2.48. The van der Waals surface area contributed by atoms with Crippen LogP contribution in [0.1, 0.15) is 32.1 Å². The van der Waals surface area contributed by atoms with Crippen molar-refractivity contribution in [3.63, 3.8) is 0 Å². The van der Waals surface area contributed by atoms with E-state index in [2.05, 4.69) is 0 Å². The zero-order valence-electron chi connectivity index (χ0n) is 16.9. The molecule has 0 spiro atoms. The van der Waals surface area contributed by atoms with Crippen molar-refractivity contribution in [2.45, 2.75) is 54.0 Å². The Kier molecular flexibility index (Phi) is 6.19. The smallest absolute Gasteiger partial charge is 0.244 e. The third kappa shape index (κ3) is 4.14. The summed E-state index contributed by atoms with van der Waals surface area (Å²) in [4.78, 5) is 14.6. The van der Waals surface area contributed by atoms with E-state index in [9.17, 15) is 21.6 Å². The molecule has 0 aromatic heterocycles. The average Bonchev–Trinajstić information content (AvgIpc) is 3.49. The maximum Gasteiger partial charge on any atom is 0.244 e. The van der Waals surface area contributed by atoms with Crippen LogP contribution < -0.4 is 0 Å². The van der Waals surface area contributed by atoms with E-state index < -0.39 is 26.1 Å². The molecule has 1 amide bonds. The van der Waals surface area contributed by atoms with Crippen LogP contribution in [0.4, 0.5) is 0 Å². The van der Waals surface area contributed by atoms with Gasteiger partial charge in [-0.05, 0) is 49.9 Å². The number of carbonyl (C=O) groups excluding carboxylic acids is 1. The fraction of sp³-hybridized carbons (Fsp3) is 0.632. The van der Waals surface area contributed by atoms with E-state index in [-0.39, 0.29) is 27.6 Å². The van der Waals surface area contributed by atoms with Gasteiger partial charge in [0.2, 0.25) is 26.0 Å². The first-order valence-corrected chi connectivity index (χ1v) is 14.2. The van der Waals surface area contributed by atoms with Gasteiger partial charge in [-0.2, -0.15) is 8.61 Å². The summed E-state index contributed by atoms with van der Waals surface area (Å²) in [6.07, 6.45) is 4.61. The maximum absolute atomic E-state index is 13.2. The van der Waals surface area contributed by atoms with Crippen LogP contribution in [0.15, 0.2) is 34.1 Å². The standard InChI is InChI=1S/C19H27N3O5S3/c1-20(15-5-6-15)19(23)18-13-28-14-22(18)30(26,27)17-9-7-16(8-10-17)29(24,25)21-11-3-2-4-12-21/h7-10,15,18H,2-6,11-14H2,1H3. The zero-order valence-corrected chi connectivity index (χ0v) is 19.4. The summed E-state index contributed by atoms with van der Waals surface area (Å²) in [6, 6.07) is 4.87. The Bertz CT molecular complexity index is 1000. The number of carbonyl (C=O) groups is 1. The van der Waals surface area contributed by atoms with Gasteiger partial charge in [0.05, 0.1) is 15.7 Å². The van der Waals surface area contributed by atoms with Crippen LogP contribution in [0.2, 0.25) is 0 Å². The van der Waals surface area contributed by atoms with Crippen molar-refractivity contribution < 1.29 is 21.6 Å². The minimum absolute atomic E-state index is 0.00877. The fourth-order valence-corrected chi connectivity index (χ4v) is 8.56. The minimum atomic E-state index is -3.90. The molecule has 8 nitrogen and oxygen atoms in total. The Morgan fingerprint density at radius 1 is 0.967 bits per heavy atom. The van der Waals surface area contributed by atoms with E-state index in [0.717, 1.165) is 32.1 Å². The van der Waals surface area contributed by atoms with Crippen LogP contribution in [0, 0.1) is 0 Å². The van der Waals surface area contributed by atoms with Crippen LogP contribution in [-0.2, 0) is 24.8 Å². The van der Waals surface area contributed by atoms with Crippen molar-refractivity contribution in [3.8, 4) is 0 Å². The zero-order chi connectivity index (χ0) is 21.5. The highest BCUT2D eigenvalue weighted by Crippen LogP contribution is 2.33. The number of thioether (sulfide) groups is 1. The molecule has 1 aromatic carbocycles. The lowest BCUT2D eigenvalue weighted by Gasteiger charge is -2.27. The summed E-state index contributed by atoms with van der Waals surface area (Å²) in [7, 11) is -5.79. The highest BCUT2D eigenvalue weighted by atomic mass is 32.2. The van der Waals surface area contributed by atoms with Crippen LogP contribution >= 0.6 is 11.8 Å². The second-order valence-electron chi connectivity index (χ2n) is 8.02. The molecule has 2 saturated heterocycles. The largest absolute Gasteiger partial charge is 0.341 e. The summed E-state index contributed by atoms with van der Waals surface area (Å²) in [5.41, 5.74) is 0. The summed E-state index contributed by atoms with van der Waals surface area (Å²) in [5.74, 6) is 0.470. The molecule has 1 aromatic rings. The SMILES string of the molecule is CN(C(=O)C1CSCN1S(=O)(=O)c1ccc(S(=O)(=O)N2CCCCC2)cc1)C1CC1. The number of amides is 1. The first-order valence-electron chi connectivity index (χ1n) is 10.2. The van der Waals surface area contributed by atoms with E-state index >= 15 is 0 Å². The molecule has 1 aliphatic carbocycles. The Morgan fingerprint density at radius 2 is 1.53 bits per heavy atom. The molecule has 0 radical (unpaired) electrons. The Balaban J connectivity index is 1.54. The summed E-state index contributed by atoms with van der Waals surface area (Å²) >= 11 is 1.41. The summed E-state index contributed by atoms with van der Waals surface area (Å²) in [6.45, 7) is 0.984. The number of hydrogen-bond donors (Lipinski definition) is 0. The molecule has 2 heterocycles. The highest BCUT2D eigenvalue weighted by Gasteiger charge is 2.43. The van der Waals surface area contributed by atoms with Gasteiger partial charge in [0, 0.05) is 31.9 Å². The molecule has 0 bridgehead atoms. The summed E-state index contributed by atoms with van der Waals surface area (Å²) < 4.78 is 54.7. The van der Waals surface area contributed by atoms with E-state index in [1.54, 1.807) is 11.9 Å². The number of benzene rings is 1. The number of likely N-dealkylation sites (N-methyl/N-ethyl adjacent to an activating group) is 1. The number of hydrogen-bond acceptors (Lipinski definition) is 6. The van der Waals surface area contributed by atoms with Crippen molar-refractivity contribution >= 4 is 37.7 Å². The number of nitrogens with zero attached hydrogens (tertiary/aromatic N) is 3. The van der Waals surface area contributed by atoms with Gasteiger partial charge < -0.3 is 4.90 Å². The lowest BCUT2D eigenvalue weighted by molar-refractivity contribution is -0.133. The molecule has 1 atom stereocenters. The topological polar surface area (TPSA) is 95.1 Å². The lowest BCUT2D eigenvalue weighted by atomic mass is 10.2. The highest BCUT2D eigenvalue weighted by molar-refractivity contribution is 8.00. The quantitative estimate of drug-likeness (QED) is 0.622. The van der Waals surface area contributed by atoms with Crippen molar-refractivity contribution in [1.82, 2.24) is 13.5 Å². The molecular formula is C19H27N3O5S3. The van der Waals surface area contributed by atoms with Crippen LogP contribution in [0.25, 0.3) is 0 Å². The van der Waals surface area contributed by atoms with Crippen LogP contribution in [0.5, 0.6) is 0 Å². The average molecular weight is 474 g/mol. The van der Waals surface area contributed by atoms with E-state index in [1.807, 2.05) is 0 Å². The first kappa shape index (κ1) is 22.1. The second kappa shape index (κ2) is 8.42. The van der Waals surface area contributed by atoms with Crippen molar-refractivity contribution in [2.75, 3.05) is 31.8 Å². The monoisotopic (exact) mass is 473 g/mol. The van der Waals surface area contributed by atoms with Crippen LogP contribution in [-0.4, -0.2) is 80.1 Å². The molecular weight excluding hydrogens is 446 g/mol. The molecule has 1 saturated carbocycles. The Morgan fingerprint density at radius 3 is 2.10 bits per heavy atom. The van der Waals surface area contributed by atoms with Gasteiger partial charge >= 0.3 is 0 Å². The van der Waals surface area contributed by atoms with E-state index in [0.29, 0.717) is 18.8 Å². The predicted molar refractivity (Wildman–Crippen MR) is 115 cm³/mol. The number of piperidine rings is 1. The molecule has 1 unspecified atom stereocenters. The number of sulfonamides is 2. The molecule has 3 aliphatic rings. The number of rotatable bonds is 6. The van der Waals surface area contributed by atoms with E-state index in [4.69, 9.17) is 0 Å². The molecule has 2 aliphatic heterocycles. The predicted octanol–water partition coefficient (Wildman–Crippen LogP) is 1.55. The van der Waals surface area contributed by atoms with Crippen molar-refractivity contribution in [3.05, 3.63) is 24.3 Å². The summed E-state index contributed by atoms with van der Waals surface area (Å²) in [5, 5.41) is 0. The van der Waals surface area contributed by atoms with Gasteiger partial charge in [-0.15, -0.1) is 11.8 Å².